The third-order valence-corrected chi connectivity index (χ3v) is 5.02. The lowest BCUT2D eigenvalue weighted by Gasteiger charge is -2.31. The zero-order valence-electron chi connectivity index (χ0n) is 14.0. The fourth-order valence-corrected chi connectivity index (χ4v) is 3.40. The number of amides is 3. The molecule has 0 aromatic heterocycles. The molecule has 1 aliphatic heterocycles. The minimum atomic E-state index is -0.178. The Hall–Kier alpha value is -2.24. The molecule has 1 fully saturated rings. The van der Waals surface area contributed by atoms with Gasteiger partial charge in [-0.25, -0.2) is 4.79 Å². The summed E-state index contributed by atoms with van der Waals surface area (Å²) in [7, 11) is 0. The summed E-state index contributed by atoms with van der Waals surface area (Å²) < 4.78 is 0. The van der Waals surface area contributed by atoms with E-state index in [1.807, 2.05) is 30.3 Å². The number of anilines is 2. The predicted molar refractivity (Wildman–Crippen MR) is 105 cm³/mol. The van der Waals surface area contributed by atoms with E-state index in [4.69, 9.17) is 23.2 Å². The SMILES string of the molecule is O=C(Nc1c(Cl)cccc1Cl)C1CCN(C(=O)Nc2ccccc2)CC1. The third kappa shape index (κ3) is 4.48. The highest BCUT2D eigenvalue weighted by atomic mass is 35.5. The van der Waals surface area contributed by atoms with Crippen molar-refractivity contribution in [1.82, 2.24) is 4.90 Å². The Morgan fingerprint density at radius 3 is 2.12 bits per heavy atom. The predicted octanol–water partition coefficient (Wildman–Crippen LogP) is 4.88. The number of carbonyl (C=O) groups is 2. The quantitative estimate of drug-likeness (QED) is 0.783. The number of rotatable bonds is 3. The first kappa shape index (κ1) is 18.5. The van der Waals surface area contributed by atoms with Gasteiger partial charge >= 0.3 is 6.03 Å². The number of nitrogens with one attached hydrogen (secondary N) is 2. The summed E-state index contributed by atoms with van der Waals surface area (Å²) in [6, 6.07) is 14.2. The lowest BCUT2D eigenvalue weighted by molar-refractivity contribution is -0.121. The monoisotopic (exact) mass is 391 g/mol. The number of piperidine rings is 1. The fraction of sp³-hybridized carbons (Fsp3) is 0.263. The summed E-state index contributed by atoms with van der Waals surface area (Å²) in [6.07, 6.45) is 1.19. The van der Waals surface area contributed by atoms with Crippen molar-refractivity contribution in [2.24, 2.45) is 5.92 Å². The molecule has 3 rings (SSSR count). The highest BCUT2D eigenvalue weighted by Crippen LogP contribution is 2.31. The van der Waals surface area contributed by atoms with Gasteiger partial charge in [0.25, 0.3) is 0 Å². The van der Waals surface area contributed by atoms with E-state index in [0.717, 1.165) is 5.69 Å². The van der Waals surface area contributed by atoms with Crippen LogP contribution in [0.1, 0.15) is 12.8 Å². The number of halogens is 2. The topological polar surface area (TPSA) is 61.4 Å². The van der Waals surface area contributed by atoms with Gasteiger partial charge in [0, 0.05) is 24.7 Å². The molecule has 2 aromatic rings. The zero-order chi connectivity index (χ0) is 18.5. The number of benzene rings is 2. The van der Waals surface area contributed by atoms with Crippen molar-refractivity contribution in [3.8, 4) is 0 Å². The summed E-state index contributed by atoms with van der Waals surface area (Å²) in [4.78, 5) is 26.5. The Morgan fingerprint density at radius 1 is 0.885 bits per heavy atom. The molecule has 7 heteroatoms. The smallest absolute Gasteiger partial charge is 0.321 e. The second-order valence-corrected chi connectivity index (χ2v) is 6.96. The maximum atomic E-state index is 12.5. The molecule has 3 amide bonds. The summed E-state index contributed by atoms with van der Waals surface area (Å²) in [6.45, 7) is 1.04. The Labute approximate surface area is 162 Å². The van der Waals surface area contributed by atoms with Gasteiger partial charge in [-0.2, -0.15) is 0 Å². The van der Waals surface area contributed by atoms with Crippen LogP contribution in [0.5, 0.6) is 0 Å². The summed E-state index contributed by atoms with van der Waals surface area (Å²) in [5.74, 6) is -0.300. The number of hydrogen-bond acceptors (Lipinski definition) is 2. The van der Waals surface area contributed by atoms with E-state index in [0.29, 0.717) is 41.7 Å². The number of carbonyl (C=O) groups excluding carboxylic acids is 2. The Morgan fingerprint density at radius 2 is 1.50 bits per heavy atom. The maximum Gasteiger partial charge on any atom is 0.321 e. The van der Waals surface area contributed by atoms with Gasteiger partial charge in [0.05, 0.1) is 15.7 Å². The van der Waals surface area contributed by atoms with Crippen molar-refractivity contribution >= 4 is 46.5 Å². The largest absolute Gasteiger partial charge is 0.324 e. The maximum absolute atomic E-state index is 12.5. The molecule has 0 radical (unpaired) electrons. The molecule has 2 aromatic carbocycles. The number of hydrogen-bond donors (Lipinski definition) is 2. The molecule has 1 aliphatic rings. The van der Waals surface area contributed by atoms with E-state index in [1.54, 1.807) is 23.1 Å². The number of para-hydroxylation sites is 2. The molecule has 136 valence electrons. The van der Waals surface area contributed by atoms with Gasteiger partial charge in [0.15, 0.2) is 0 Å². The lowest BCUT2D eigenvalue weighted by Crippen LogP contribution is -2.43. The fourth-order valence-electron chi connectivity index (χ4n) is 2.91. The van der Waals surface area contributed by atoms with Crippen molar-refractivity contribution < 1.29 is 9.59 Å². The first-order chi connectivity index (χ1) is 12.5. The number of nitrogens with zero attached hydrogens (tertiary/aromatic N) is 1. The van der Waals surface area contributed by atoms with Gasteiger partial charge in [0.2, 0.25) is 5.91 Å². The van der Waals surface area contributed by atoms with E-state index in [2.05, 4.69) is 10.6 Å². The summed E-state index contributed by atoms with van der Waals surface area (Å²) in [5.41, 5.74) is 1.19. The average molecular weight is 392 g/mol. The van der Waals surface area contributed by atoms with Crippen LogP contribution in [-0.4, -0.2) is 29.9 Å². The van der Waals surface area contributed by atoms with E-state index < -0.39 is 0 Å². The number of likely N-dealkylation sites (tertiary alicyclic amines) is 1. The molecule has 2 N–H and O–H groups in total. The van der Waals surface area contributed by atoms with Gasteiger partial charge in [-0.1, -0.05) is 47.5 Å². The summed E-state index contributed by atoms with van der Waals surface area (Å²) >= 11 is 12.2. The lowest BCUT2D eigenvalue weighted by atomic mass is 9.96. The van der Waals surface area contributed by atoms with E-state index in [9.17, 15) is 9.59 Å². The highest BCUT2D eigenvalue weighted by Gasteiger charge is 2.28. The molecule has 0 spiro atoms. The van der Waals surface area contributed by atoms with Crippen LogP contribution in [0.3, 0.4) is 0 Å². The minimum absolute atomic E-state index is 0.122. The second kappa shape index (κ2) is 8.43. The van der Waals surface area contributed by atoms with Crippen molar-refractivity contribution in [3.63, 3.8) is 0 Å². The van der Waals surface area contributed by atoms with Gasteiger partial charge in [-0.3, -0.25) is 4.79 Å². The minimum Gasteiger partial charge on any atom is -0.324 e. The Balaban J connectivity index is 1.53. The molecule has 26 heavy (non-hydrogen) atoms. The van der Waals surface area contributed by atoms with Gasteiger partial charge in [-0.15, -0.1) is 0 Å². The van der Waals surface area contributed by atoms with Crippen LogP contribution in [0.2, 0.25) is 10.0 Å². The van der Waals surface area contributed by atoms with Crippen LogP contribution in [0.4, 0.5) is 16.2 Å². The molecule has 0 saturated carbocycles. The normalized spacial score (nSPS) is 14.8. The highest BCUT2D eigenvalue weighted by molar-refractivity contribution is 6.39. The van der Waals surface area contributed by atoms with Gasteiger partial charge < -0.3 is 15.5 Å². The average Bonchev–Trinajstić information content (AvgIpc) is 2.65. The Bertz CT molecular complexity index is 770. The van der Waals surface area contributed by atoms with Crippen LogP contribution in [0.25, 0.3) is 0 Å². The molecule has 1 saturated heterocycles. The van der Waals surface area contributed by atoms with Crippen molar-refractivity contribution in [2.45, 2.75) is 12.8 Å². The van der Waals surface area contributed by atoms with Crippen molar-refractivity contribution in [1.29, 1.82) is 0 Å². The molecular weight excluding hydrogens is 373 g/mol. The van der Waals surface area contributed by atoms with Crippen LogP contribution in [0, 0.1) is 5.92 Å². The van der Waals surface area contributed by atoms with Crippen molar-refractivity contribution in [2.75, 3.05) is 23.7 Å². The Kier molecular flexibility index (Phi) is 6.01. The van der Waals surface area contributed by atoms with E-state index >= 15 is 0 Å². The molecular formula is C19H19Cl2N3O2. The first-order valence-electron chi connectivity index (χ1n) is 8.40. The van der Waals surface area contributed by atoms with Crippen LogP contribution >= 0.6 is 23.2 Å². The van der Waals surface area contributed by atoms with Crippen molar-refractivity contribution in [3.05, 3.63) is 58.6 Å². The molecule has 5 nitrogen and oxygen atoms in total. The van der Waals surface area contributed by atoms with E-state index in [1.165, 1.54) is 0 Å². The first-order valence-corrected chi connectivity index (χ1v) is 9.16. The standard InChI is InChI=1S/C19H19Cl2N3O2/c20-15-7-4-8-16(21)17(15)23-18(25)13-9-11-24(12-10-13)19(26)22-14-5-2-1-3-6-14/h1-8,13H,9-12H2,(H,22,26)(H,23,25). The van der Waals surface area contributed by atoms with Gasteiger partial charge in [0.1, 0.15) is 0 Å². The van der Waals surface area contributed by atoms with Crippen LogP contribution < -0.4 is 10.6 Å². The summed E-state index contributed by atoms with van der Waals surface area (Å²) in [5, 5.41) is 6.49. The molecule has 0 atom stereocenters. The second-order valence-electron chi connectivity index (χ2n) is 6.14. The van der Waals surface area contributed by atoms with Crippen LogP contribution in [0.15, 0.2) is 48.5 Å². The molecule has 0 bridgehead atoms. The number of urea groups is 1. The molecule has 0 aliphatic carbocycles. The molecule has 0 unspecified atom stereocenters. The van der Waals surface area contributed by atoms with E-state index in [-0.39, 0.29) is 17.9 Å². The zero-order valence-corrected chi connectivity index (χ0v) is 15.6. The molecule has 1 heterocycles. The van der Waals surface area contributed by atoms with Gasteiger partial charge in [-0.05, 0) is 37.1 Å². The van der Waals surface area contributed by atoms with Crippen LogP contribution in [-0.2, 0) is 4.79 Å². The third-order valence-electron chi connectivity index (χ3n) is 4.39.